The summed E-state index contributed by atoms with van der Waals surface area (Å²) in [5, 5.41) is 3.02. The van der Waals surface area contributed by atoms with Gasteiger partial charge in [-0.1, -0.05) is 67.7 Å². The van der Waals surface area contributed by atoms with Gasteiger partial charge in [0.05, 0.1) is 16.0 Å². The van der Waals surface area contributed by atoms with E-state index in [-0.39, 0.29) is 12.2 Å². The maximum Gasteiger partial charge on any atom is 0.329 e. The molecule has 0 spiro atoms. The van der Waals surface area contributed by atoms with Crippen LogP contribution in [0, 0.1) is 0 Å². The van der Waals surface area contributed by atoms with Crippen molar-refractivity contribution in [2.24, 2.45) is 0 Å². The van der Waals surface area contributed by atoms with Gasteiger partial charge in [0.1, 0.15) is 12.3 Å². The first-order valence-corrected chi connectivity index (χ1v) is 12.5. The van der Waals surface area contributed by atoms with Crippen molar-refractivity contribution < 1.29 is 14.3 Å². The van der Waals surface area contributed by atoms with Crippen LogP contribution in [0.15, 0.2) is 79.8 Å². The Morgan fingerprint density at radius 1 is 0.909 bits per heavy atom. The van der Waals surface area contributed by atoms with Crippen LogP contribution in [0.2, 0.25) is 5.02 Å². The monoisotopic (exact) mass is 652 g/mol. The van der Waals surface area contributed by atoms with Crippen LogP contribution in [0.25, 0.3) is 6.08 Å². The summed E-state index contributed by atoms with van der Waals surface area (Å²) in [6.45, 7) is 0.536. The SMILES string of the molecule is O=C1N/C(=C/c2cc(Cl)c(OCc3ccc(Br)cc3)c(Br)c2)C(=O)N1Cc1ccc(Br)cc1. The van der Waals surface area contributed by atoms with Gasteiger partial charge in [0.15, 0.2) is 5.75 Å². The van der Waals surface area contributed by atoms with Crippen LogP contribution in [0.5, 0.6) is 5.75 Å². The minimum Gasteiger partial charge on any atom is -0.486 e. The van der Waals surface area contributed by atoms with Crippen molar-refractivity contribution in [1.29, 1.82) is 0 Å². The summed E-state index contributed by atoms with van der Waals surface area (Å²) in [5.74, 6) is 0.103. The van der Waals surface area contributed by atoms with Gasteiger partial charge >= 0.3 is 6.03 Å². The number of ether oxygens (including phenoxy) is 1. The van der Waals surface area contributed by atoms with E-state index >= 15 is 0 Å². The third-order valence-corrected chi connectivity index (χ3v) is 6.77. The summed E-state index contributed by atoms with van der Waals surface area (Å²) in [6, 6.07) is 18.3. The number of carbonyl (C=O) groups excluding carboxylic acids is 2. The van der Waals surface area contributed by atoms with Crippen molar-refractivity contribution in [1.82, 2.24) is 10.2 Å². The molecule has 0 aromatic heterocycles. The number of nitrogens with zero attached hydrogens (tertiary/aromatic N) is 1. The van der Waals surface area contributed by atoms with Crippen molar-refractivity contribution in [3.63, 3.8) is 0 Å². The second-order valence-corrected chi connectivity index (χ2v) is 10.3. The number of rotatable bonds is 6. The molecule has 1 fully saturated rings. The van der Waals surface area contributed by atoms with Gasteiger partial charge in [0.25, 0.3) is 5.91 Å². The van der Waals surface area contributed by atoms with Gasteiger partial charge in [-0.25, -0.2) is 4.79 Å². The topological polar surface area (TPSA) is 58.6 Å². The Labute approximate surface area is 221 Å². The minimum absolute atomic E-state index is 0.183. The number of halogens is 4. The lowest BCUT2D eigenvalue weighted by Crippen LogP contribution is -2.30. The minimum atomic E-state index is -0.464. The number of urea groups is 1. The quantitative estimate of drug-likeness (QED) is 0.224. The molecule has 0 aliphatic carbocycles. The standard InChI is InChI=1S/C24H16Br3ClN2O3/c25-17-5-1-14(2-6-17)12-30-23(31)21(29-24(30)32)11-16-9-19(27)22(20(28)10-16)33-13-15-3-7-18(26)8-4-15/h1-11H,12-13H2,(H,29,32)/b21-11+. The zero-order chi connectivity index (χ0) is 23.5. The lowest BCUT2D eigenvalue weighted by atomic mass is 10.1. The number of benzene rings is 3. The molecule has 1 aliphatic heterocycles. The maximum absolute atomic E-state index is 12.8. The molecule has 0 radical (unpaired) electrons. The lowest BCUT2D eigenvalue weighted by molar-refractivity contribution is -0.123. The second kappa shape index (κ2) is 10.4. The van der Waals surface area contributed by atoms with Crippen molar-refractivity contribution in [3.8, 4) is 5.75 Å². The molecule has 0 bridgehead atoms. The zero-order valence-corrected chi connectivity index (χ0v) is 22.5. The summed E-state index contributed by atoms with van der Waals surface area (Å²) in [6.07, 6.45) is 1.59. The first kappa shape index (κ1) is 24.0. The third-order valence-electron chi connectivity index (χ3n) is 4.84. The van der Waals surface area contributed by atoms with E-state index < -0.39 is 11.9 Å². The van der Waals surface area contributed by atoms with E-state index in [1.165, 1.54) is 4.90 Å². The van der Waals surface area contributed by atoms with Gasteiger partial charge in [-0.15, -0.1) is 0 Å². The fraction of sp³-hybridized carbons (Fsp3) is 0.0833. The largest absolute Gasteiger partial charge is 0.486 e. The van der Waals surface area contributed by atoms with Crippen molar-refractivity contribution >= 4 is 77.4 Å². The summed E-state index contributed by atoms with van der Waals surface area (Å²) in [5.41, 5.74) is 2.68. The number of hydrogen-bond donors (Lipinski definition) is 1. The normalized spacial score (nSPS) is 14.7. The van der Waals surface area contributed by atoms with Gasteiger partial charge in [-0.3, -0.25) is 9.69 Å². The molecular weight excluding hydrogens is 639 g/mol. The highest BCUT2D eigenvalue weighted by molar-refractivity contribution is 9.11. The Morgan fingerprint density at radius 3 is 2.12 bits per heavy atom. The highest BCUT2D eigenvalue weighted by Gasteiger charge is 2.33. The van der Waals surface area contributed by atoms with Crippen molar-refractivity contribution in [3.05, 3.63) is 101 Å². The third kappa shape index (κ3) is 5.87. The molecule has 33 heavy (non-hydrogen) atoms. The smallest absolute Gasteiger partial charge is 0.329 e. The predicted molar refractivity (Wildman–Crippen MR) is 139 cm³/mol. The summed E-state index contributed by atoms with van der Waals surface area (Å²) in [7, 11) is 0. The van der Waals surface area contributed by atoms with Crippen LogP contribution in [0.3, 0.4) is 0 Å². The molecule has 168 valence electrons. The van der Waals surface area contributed by atoms with E-state index in [1.54, 1.807) is 18.2 Å². The first-order valence-electron chi connectivity index (χ1n) is 9.75. The molecule has 5 nitrogen and oxygen atoms in total. The molecule has 1 saturated heterocycles. The van der Waals surface area contributed by atoms with Crippen LogP contribution < -0.4 is 10.1 Å². The van der Waals surface area contributed by atoms with Crippen molar-refractivity contribution in [2.45, 2.75) is 13.2 Å². The van der Waals surface area contributed by atoms with Crippen LogP contribution in [-0.4, -0.2) is 16.8 Å². The molecule has 3 aromatic carbocycles. The first-order chi connectivity index (χ1) is 15.8. The molecule has 0 saturated carbocycles. The van der Waals surface area contributed by atoms with Crippen molar-refractivity contribution in [2.75, 3.05) is 0 Å². The van der Waals surface area contributed by atoms with Crippen LogP contribution in [0.1, 0.15) is 16.7 Å². The Kier molecular flexibility index (Phi) is 7.58. The number of hydrogen-bond acceptors (Lipinski definition) is 3. The van der Waals surface area contributed by atoms with E-state index in [0.717, 1.165) is 20.1 Å². The second-order valence-electron chi connectivity index (χ2n) is 7.23. The van der Waals surface area contributed by atoms with Gasteiger partial charge in [-0.2, -0.15) is 0 Å². The average molecular weight is 656 g/mol. The molecule has 1 aliphatic rings. The summed E-state index contributed by atoms with van der Waals surface area (Å²) < 4.78 is 8.45. The number of imide groups is 1. The van der Waals surface area contributed by atoms with Crippen LogP contribution in [0.4, 0.5) is 4.79 Å². The number of nitrogens with one attached hydrogen (secondary N) is 1. The molecule has 3 amide bonds. The molecule has 3 aromatic rings. The van der Waals surface area contributed by atoms with Crippen LogP contribution >= 0.6 is 59.4 Å². The molecule has 0 atom stereocenters. The Balaban J connectivity index is 1.49. The van der Waals surface area contributed by atoms with E-state index in [2.05, 4.69) is 53.1 Å². The molecule has 9 heteroatoms. The Hall–Kier alpha value is -2.13. The average Bonchev–Trinajstić information content (AvgIpc) is 3.03. The Bertz CT molecular complexity index is 1220. The number of carbonyl (C=O) groups is 2. The van der Waals surface area contributed by atoms with Gasteiger partial charge in [0.2, 0.25) is 0 Å². The number of amides is 3. The highest BCUT2D eigenvalue weighted by atomic mass is 79.9. The lowest BCUT2D eigenvalue weighted by Gasteiger charge is -2.12. The van der Waals surface area contributed by atoms with Gasteiger partial charge in [-0.05, 0) is 75.1 Å². The van der Waals surface area contributed by atoms with Crippen LogP contribution in [-0.2, 0) is 17.9 Å². The van der Waals surface area contributed by atoms with E-state index in [4.69, 9.17) is 16.3 Å². The maximum atomic E-state index is 12.8. The van der Waals surface area contributed by atoms with E-state index in [1.807, 2.05) is 48.5 Å². The molecule has 1 N–H and O–H groups in total. The predicted octanol–water partition coefficient (Wildman–Crippen LogP) is 7.30. The fourth-order valence-electron chi connectivity index (χ4n) is 3.19. The highest BCUT2D eigenvalue weighted by Crippen LogP contribution is 2.36. The molecule has 4 rings (SSSR count). The van der Waals surface area contributed by atoms with Gasteiger partial charge < -0.3 is 10.1 Å². The van der Waals surface area contributed by atoms with E-state index in [9.17, 15) is 9.59 Å². The summed E-state index contributed by atoms with van der Waals surface area (Å²) >= 11 is 16.7. The van der Waals surface area contributed by atoms with E-state index in [0.29, 0.717) is 27.4 Å². The van der Waals surface area contributed by atoms with Gasteiger partial charge in [0, 0.05) is 8.95 Å². The molecule has 0 unspecified atom stereocenters. The fourth-order valence-corrected chi connectivity index (χ4v) is 4.71. The zero-order valence-electron chi connectivity index (χ0n) is 16.9. The molecule has 1 heterocycles. The Morgan fingerprint density at radius 2 is 1.52 bits per heavy atom. The summed E-state index contributed by atoms with van der Waals surface area (Å²) in [4.78, 5) is 26.3. The molecular formula is C24H16Br3ClN2O3.